The Morgan fingerprint density at radius 3 is 2.28 bits per heavy atom. The maximum Gasteiger partial charge on any atom is 0.330 e. The second kappa shape index (κ2) is 9.54. The number of rotatable bonds is 8. The third-order valence-corrected chi connectivity index (χ3v) is 4.91. The number of carbonyl (C=O) groups is 1. The van der Waals surface area contributed by atoms with Crippen LogP contribution >= 0.6 is 23.2 Å². The Morgan fingerprint density at radius 1 is 1.07 bits per heavy atom. The van der Waals surface area contributed by atoms with E-state index in [0.29, 0.717) is 17.9 Å². The van der Waals surface area contributed by atoms with Crippen LogP contribution in [0.1, 0.15) is 17.2 Å². The largest absolute Gasteiger partial charge is 0.491 e. The highest BCUT2D eigenvalue weighted by Gasteiger charge is 2.25. The van der Waals surface area contributed by atoms with Crippen molar-refractivity contribution in [3.63, 3.8) is 0 Å². The fraction of sp³-hybridized carbons (Fsp3) is 0.136. The third-order valence-electron chi connectivity index (χ3n) is 4.25. The lowest BCUT2D eigenvalue weighted by atomic mass is 10.1. The summed E-state index contributed by atoms with van der Waals surface area (Å²) in [5.41, 5.74) is 1.79. The number of hydrogen-bond acceptors (Lipinski definition) is 4. The van der Waals surface area contributed by atoms with Crippen molar-refractivity contribution in [2.45, 2.75) is 12.6 Å². The van der Waals surface area contributed by atoms with Crippen molar-refractivity contribution in [2.75, 3.05) is 12.4 Å². The van der Waals surface area contributed by atoms with Gasteiger partial charge < -0.3 is 19.9 Å². The molecule has 1 unspecified atom stereocenters. The summed E-state index contributed by atoms with van der Waals surface area (Å²) in [6.45, 7) is 0.304. The average molecular weight is 432 g/mol. The van der Waals surface area contributed by atoms with Crippen LogP contribution in [0.25, 0.3) is 0 Å². The second-order valence-electron chi connectivity index (χ2n) is 6.18. The standard InChI is InChI=1S/C22H19Cl2NO4/c1-28-21-17(29-13-14-8-4-2-5-9-14)12-16(23)20(18(21)24)25-19(22(26)27)15-10-6-3-7-11-15/h2-12,19,25H,13H2,1H3,(H,26,27). The van der Waals surface area contributed by atoms with E-state index in [2.05, 4.69) is 5.32 Å². The molecule has 0 aliphatic heterocycles. The van der Waals surface area contributed by atoms with Gasteiger partial charge in [0.05, 0.1) is 17.8 Å². The number of carboxylic acid groups (broad SMARTS) is 1. The lowest BCUT2D eigenvalue weighted by molar-refractivity contribution is -0.138. The summed E-state index contributed by atoms with van der Waals surface area (Å²) in [6.07, 6.45) is 0. The molecule has 0 spiro atoms. The van der Waals surface area contributed by atoms with Crippen LogP contribution in [-0.4, -0.2) is 18.2 Å². The van der Waals surface area contributed by atoms with E-state index in [4.69, 9.17) is 32.7 Å². The molecule has 0 radical (unpaired) electrons. The van der Waals surface area contributed by atoms with Gasteiger partial charge in [-0.1, -0.05) is 83.9 Å². The second-order valence-corrected chi connectivity index (χ2v) is 6.96. The Labute approximate surface area is 178 Å². The molecular formula is C22H19Cl2NO4. The van der Waals surface area contributed by atoms with E-state index in [9.17, 15) is 9.90 Å². The van der Waals surface area contributed by atoms with Gasteiger partial charge in [-0.2, -0.15) is 0 Å². The van der Waals surface area contributed by atoms with Crippen molar-refractivity contribution in [1.29, 1.82) is 0 Å². The summed E-state index contributed by atoms with van der Waals surface area (Å²) in [5.74, 6) is -0.429. The lowest BCUT2D eigenvalue weighted by Gasteiger charge is -2.21. The molecule has 0 amide bonds. The predicted molar refractivity (Wildman–Crippen MR) is 114 cm³/mol. The number of anilines is 1. The molecule has 2 N–H and O–H groups in total. The minimum atomic E-state index is -1.06. The van der Waals surface area contributed by atoms with Gasteiger partial charge in [0.2, 0.25) is 0 Å². The summed E-state index contributed by atoms with van der Waals surface area (Å²) in [4.78, 5) is 11.8. The van der Waals surface area contributed by atoms with Gasteiger partial charge in [-0.3, -0.25) is 0 Å². The number of hydrogen-bond donors (Lipinski definition) is 2. The summed E-state index contributed by atoms with van der Waals surface area (Å²) in [6, 6.07) is 18.9. The molecule has 0 fully saturated rings. The van der Waals surface area contributed by atoms with Gasteiger partial charge in [0.1, 0.15) is 11.6 Å². The van der Waals surface area contributed by atoms with Crippen LogP contribution in [-0.2, 0) is 11.4 Å². The van der Waals surface area contributed by atoms with Crippen molar-refractivity contribution >= 4 is 34.9 Å². The maximum absolute atomic E-state index is 11.8. The summed E-state index contributed by atoms with van der Waals surface area (Å²) < 4.78 is 11.2. The van der Waals surface area contributed by atoms with Crippen molar-refractivity contribution in [2.24, 2.45) is 0 Å². The van der Waals surface area contributed by atoms with Crippen LogP contribution < -0.4 is 14.8 Å². The highest BCUT2D eigenvalue weighted by molar-refractivity contribution is 6.40. The molecule has 0 aliphatic carbocycles. The number of carboxylic acids is 1. The van der Waals surface area contributed by atoms with Gasteiger partial charge in [0.25, 0.3) is 0 Å². The molecular weight excluding hydrogens is 413 g/mol. The number of halogens is 2. The zero-order valence-corrected chi connectivity index (χ0v) is 17.1. The first kappa shape index (κ1) is 20.8. The van der Waals surface area contributed by atoms with Crippen molar-refractivity contribution in [3.8, 4) is 11.5 Å². The van der Waals surface area contributed by atoms with Crippen LogP contribution in [0.5, 0.6) is 11.5 Å². The first-order valence-electron chi connectivity index (χ1n) is 8.78. The number of ether oxygens (including phenoxy) is 2. The molecule has 29 heavy (non-hydrogen) atoms. The Morgan fingerprint density at radius 2 is 1.69 bits per heavy atom. The molecule has 7 heteroatoms. The zero-order valence-electron chi connectivity index (χ0n) is 15.6. The molecule has 5 nitrogen and oxygen atoms in total. The normalized spacial score (nSPS) is 11.6. The minimum absolute atomic E-state index is 0.144. The Balaban J connectivity index is 1.90. The van der Waals surface area contributed by atoms with E-state index >= 15 is 0 Å². The van der Waals surface area contributed by atoms with Crippen molar-refractivity contribution < 1.29 is 19.4 Å². The number of benzene rings is 3. The van der Waals surface area contributed by atoms with Gasteiger partial charge in [-0.05, 0) is 11.1 Å². The lowest BCUT2D eigenvalue weighted by Crippen LogP contribution is -2.21. The predicted octanol–water partition coefficient (Wildman–Crippen LogP) is 5.82. The Bertz CT molecular complexity index is 981. The van der Waals surface area contributed by atoms with E-state index in [1.54, 1.807) is 30.3 Å². The summed E-state index contributed by atoms with van der Waals surface area (Å²) in [5, 5.41) is 12.9. The molecule has 0 bridgehead atoms. The van der Waals surface area contributed by atoms with Crippen LogP contribution in [0.3, 0.4) is 0 Å². The van der Waals surface area contributed by atoms with E-state index in [1.165, 1.54) is 7.11 Å². The monoisotopic (exact) mass is 431 g/mol. The maximum atomic E-state index is 11.8. The smallest absolute Gasteiger partial charge is 0.330 e. The van der Waals surface area contributed by atoms with Crippen molar-refractivity contribution in [1.82, 2.24) is 0 Å². The molecule has 3 aromatic carbocycles. The highest BCUT2D eigenvalue weighted by atomic mass is 35.5. The van der Waals surface area contributed by atoms with Gasteiger partial charge >= 0.3 is 5.97 Å². The zero-order chi connectivity index (χ0) is 20.8. The first-order valence-corrected chi connectivity index (χ1v) is 9.54. The molecule has 0 saturated heterocycles. The van der Waals surface area contributed by atoms with Gasteiger partial charge in [0, 0.05) is 6.07 Å². The van der Waals surface area contributed by atoms with Gasteiger partial charge in [0.15, 0.2) is 17.5 Å². The van der Waals surface area contributed by atoms with Crippen LogP contribution in [0, 0.1) is 0 Å². The van der Waals surface area contributed by atoms with E-state index in [1.807, 2.05) is 36.4 Å². The quantitative estimate of drug-likeness (QED) is 0.470. The van der Waals surface area contributed by atoms with Gasteiger partial charge in [-0.25, -0.2) is 4.79 Å². The molecule has 0 saturated carbocycles. The van der Waals surface area contributed by atoms with E-state index in [-0.39, 0.29) is 21.5 Å². The Kier molecular flexibility index (Phi) is 6.86. The number of methoxy groups -OCH3 is 1. The molecule has 3 rings (SSSR count). The van der Waals surface area contributed by atoms with E-state index in [0.717, 1.165) is 5.56 Å². The highest BCUT2D eigenvalue weighted by Crippen LogP contribution is 2.46. The molecule has 0 heterocycles. The van der Waals surface area contributed by atoms with Gasteiger partial charge in [-0.15, -0.1) is 0 Å². The third kappa shape index (κ3) is 4.94. The number of nitrogens with one attached hydrogen (secondary N) is 1. The molecule has 3 aromatic rings. The topological polar surface area (TPSA) is 67.8 Å². The SMILES string of the molecule is COc1c(OCc2ccccc2)cc(Cl)c(NC(C(=O)O)c2ccccc2)c1Cl. The first-order chi connectivity index (χ1) is 14.0. The minimum Gasteiger partial charge on any atom is -0.491 e. The number of aliphatic carboxylic acids is 1. The molecule has 0 aromatic heterocycles. The van der Waals surface area contributed by atoms with E-state index < -0.39 is 12.0 Å². The molecule has 1 atom stereocenters. The Hall–Kier alpha value is -2.89. The van der Waals surface area contributed by atoms with Crippen LogP contribution in [0.4, 0.5) is 5.69 Å². The average Bonchev–Trinajstić information content (AvgIpc) is 2.73. The van der Waals surface area contributed by atoms with Crippen molar-refractivity contribution in [3.05, 3.63) is 87.9 Å². The fourth-order valence-electron chi connectivity index (χ4n) is 2.82. The van der Waals surface area contributed by atoms with Crippen LogP contribution in [0.15, 0.2) is 66.7 Å². The van der Waals surface area contributed by atoms with Crippen LogP contribution in [0.2, 0.25) is 10.0 Å². The summed E-state index contributed by atoms with van der Waals surface area (Å²) >= 11 is 12.9. The fourth-order valence-corrected chi connectivity index (χ4v) is 3.45. The molecule has 0 aliphatic rings. The summed E-state index contributed by atoms with van der Waals surface area (Å²) in [7, 11) is 1.46. The molecule has 150 valence electrons.